The van der Waals surface area contributed by atoms with E-state index in [2.05, 4.69) is 18.8 Å². The molecule has 0 aliphatic heterocycles. The second kappa shape index (κ2) is 8.67. The summed E-state index contributed by atoms with van der Waals surface area (Å²) in [5.74, 6) is 0.365. The Balaban J connectivity index is 2.02. The van der Waals surface area contributed by atoms with Crippen molar-refractivity contribution in [3.05, 3.63) is 45.8 Å². The quantitative estimate of drug-likeness (QED) is 0.706. The lowest BCUT2D eigenvalue weighted by atomic mass is 10.1. The van der Waals surface area contributed by atoms with E-state index < -0.39 is 0 Å². The summed E-state index contributed by atoms with van der Waals surface area (Å²) in [5, 5.41) is 0. The van der Waals surface area contributed by atoms with Crippen molar-refractivity contribution < 1.29 is 13.9 Å². The van der Waals surface area contributed by atoms with Gasteiger partial charge in [0, 0.05) is 4.88 Å². The summed E-state index contributed by atoms with van der Waals surface area (Å²) in [6.07, 6.45) is 3.91. The highest BCUT2D eigenvalue weighted by Gasteiger charge is 2.09. The summed E-state index contributed by atoms with van der Waals surface area (Å²) < 4.78 is 10.7. The van der Waals surface area contributed by atoms with Crippen molar-refractivity contribution in [3.8, 4) is 0 Å². The number of rotatable bonds is 7. The normalized spacial score (nSPS) is 13.1. The van der Waals surface area contributed by atoms with Crippen LogP contribution in [-0.4, -0.2) is 12.6 Å². The molecule has 0 aliphatic carbocycles. The van der Waals surface area contributed by atoms with Crippen molar-refractivity contribution in [3.63, 3.8) is 0 Å². The molecule has 0 saturated carbocycles. The first-order chi connectivity index (χ1) is 11.1. The van der Waals surface area contributed by atoms with E-state index in [0.717, 1.165) is 29.0 Å². The zero-order valence-corrected chi connectivity index (χ0v) is 14.7. The second-order valence-electron chi connectivity index (χ2n) is 5.65. The fourth-order valence-electron chi connectivity index (χ4n) is 2.02. The van der Waals surface area contributed by atoms with Crippen LogP contribution in [0.25, 0.3) is 0 Å². The summed E-state index contributed by atoms with van der Waals surface area (Å²) in [7, 11) is 0. The molecule has 0 saturated heterocycles. The number of hydrogen-bond donors (Lipinski definition) is 0. The van der Waals surface area contributed by atoms with E-state index in [1.165, 1.54) is 11.3 Å². The van der Waals surface area contributed by atoms with E-state index in [1.807, 2.05) is 31.2 Å². The molecule has 0 aliphatic rings. The molecule has 0 amide bonds. The van der Waals surface area contributed by atoms with Crippen LogP contribution in [0.15, 0.2) is 39.9 Å². The van der Waals surface area contributed by atoms with Gasteiger partial charge in [0.15, 0.2) is 0 Å². The smallest absolute Gasteiger partial charge is 0.310 e. The van der Waals surface area contributed by atoms with E-state index in [0.29, 0.717) is 17.4 Å². The Labute approximate surface area is 140 Å². The lowest BCUT2D eigenvalue weighted by molar-refractivity contribution is -0.143. The Kier molecular flexibility index (Phi) is 6.59. The fraction of sp³-hybridized carbons (Fsp3) is 0.444. The number of benzene rings is 1. The van der Waals surface area contributed by atoms with Crippen LogP contribution in [0, 0.1) is 12.8 Å². The molecule has 1 aromatic heterocycles. The molecule has 4 nitrogen and oxygen atoms in total. The van der Waals surface area contributed by atoms with E-state index in [-0.39, 0.29) is 12.4 Å². The van der Waals surface area contributed by atoms with Crippen molar-refractivity contribution in [2.24, 2.45) is 10.9 Å². The van der Waals surface area contributed by atoms with Crippen molar-refractivity contribution in [2.45, 2.75) is 40.0 Å². The third-order valence-electron chi connectivity index (χ3n) is 3.68. The molecular formula is C18H23NO3S. The number of esters is 1. The zero-order chi connectivity index (χ0) is 16.7. The number of carbonyl (C=O) groups is 1. The van der Waals surface area contributed by atoms with Gasteiger partial charge in [0.1, 0.15) is 6.26 Å². The van der Waals surface area contributed by atoms with E-state index in [1.54, 1.807) is 6.26 Å². The van der Waals surface area contributed by atoms with Gasteiger partial charge in [-0.15, -0.1) is 0 Å². The molecule has 0 spiro atoms. The van der Waals surface area contributed by atoms with E-state index >= 15 is 0 Å². The summed E-state index contributed by atoms with van der Waals surface area (Å²) >= 11 is 1.48. The Morgan fingerprint density at radius 1 is 1.39 bits per heavy atom. The zero-order valence-electron chi connectivity index (χ0n) is 13.9. The highest BCUT2D eigenvalue weighted by Crippen LogP contribution is 2.19. The molecule has 0 N–H and O–H groups in total. The number of nitrogens with zero attached hydrogens (tertiary/aromatic N) is 1. The van der Waals surface area contributed by atoms with Gasteiger partial charge in [-0.2, -0.15) is 0 Å². The predicted octanol–water partition coefficient (Wildman–Crippen LogP) is 4.40. The maximum absolute atomic E-state index is 12.0. The molecule has 0 bridgehead atoms. The SMILES string of the molecule is CCC(C)CCOC(=O)Cc1ccccc1N=c1occ(C)s1. The lowest BCUT2D eigenvalue weighted by Gasteiger charge is -2.09. The van der Waals surface area contributed by atoms with Crippen LogP contribution in [0.4, 0.5) is 5.69 Å². The third kappa shape index (κ3) is 5.67. The van der Waals surface area contributed by atoms with E-state index in [4.69, 9.17) is 9.15 Å². The molecule has 0 radical (unpaired) electrons. The van der Waals surface area contributed by atoms with Crippen LogP contribution in [0.1, 0.15) is 37.1 Å². The van der Waals surface area contributed by atoms with Crippen molar-refractivity contribution >= 4 is 23.0 Å². The van der Waals surface area contributed by atoms with Gasteiger partial charge in [0.2, 0.25) is 0 Å². The van der Waals surface area contributed by atoms with Gasteiger partial charge in [-0.05, 0) is 30.9 Å². The fourth-order valence-corrected chi connectivity index (χ4v) is 2.63. The van der Waals surface area contributed by atoms with Gasteiger partial charge in [-0.25, -0.2) is 4.99 Å². The average molecular weight is 333 g/mol. The molecule has 5 heteroatoms. The summed E-state index contributed by atoms with van der Waals surface area (Å²) in [6.45, 7) is 6.75. The molecule has 2 rings (SSSR count). The number of para-hydroxylation sites is 1. The first-order valence-electron chi connectivity index (χ1n) is 7.92. The summed E-state index contributed by atoms with van der Waals surface area (Å²) in [5.41, 5.74) is 1.60. The Morgan fingerprint density at radius 2 is 2.17 bits per heavy atom. The largest absolute Gasteiger partial charge is 0.465 e. The maximum Gasteiger partial charge on any atom is 0.310 e. The summed E-state index contributed by atoms with van der Waals surface area (Å²) in [4.78, 5) is 18.1. The lowest BCUT2D eigenvalue weighted by Crippen LogP contribution is -2.11. The van der Waals surface area contributed by atoms with Crippen LogP contribution >= 0.6 is 11.3 Å². The van der Waals surface area contributed by atoms with Crippen molar-refractivity contribution in [2.75, 3.05) is 6.61 Å². The Morgan fingerprint density at radius 3 is 2.87 bits per heavy atom. The van der Waals surface area contributed by atoms with Gasteiger partial charge in [-0.1, -0.05) is 49.8 Å². The second-order valence-corrected chi connectivity index (χ2v) is 6.85. The minimum Gasteiger partial charge on any atom is -0.465 e. The molecule has 1 unspecified atom stereocenters. The van der Waals surface area contributed by atoms with Gasteiger partial charge < -0.3 is 9.15 Å². The van der Waals surface area contributed by atoms with Gasteiger partial charge in [-0.3, -0.25) is 4.79 Å². The van der Waals surface area contributed by atoms with Crippen LogP contribution in [0.3, 0.4) is 0 Å². The average Bonchev–Trinajstić information content (AvgIpc) is 2.94. The molecule has 23 heavy (non-hydrogen) atoms. The van der Waals surface area contributed by atoms with Gasteiger partial charge in [0.05, 0.1) is 18.7 Å². The molecule has 124 valence electrons. The first kappa shape index (κ1) is 17.5. The minimum absolute atomic E-state index is 0.213. The number of carbonyl (C=O) groups excluding carboxylic acids is 1. The van der Waals surface area contributed by atoms with Crippen LogP contribution < -0.4 is 4.87 Å². The first-order valence-corrected chi connectivity index (χ1v) is 8.73. The van der Waals surface area contributed by atoms with E-state index in [9.17, 15) is 4.79 Å². The summed E-state index contributed by atoms with van der Waals surface area (Å²) in [6, 6.07) is 7.58. The highest BCUT2D eigenvalue weighted by atomic mass is 32.1. The van der Waals surface area contributed by atoms with Crippen LogP contribution in [0.2, 0.25) is 0 Å². The Bertz CT molecular complexity index is 702. The number of aryl methyl sites for hydroxylation is 1. The third-order valence-corrected chi connectivity index (χ3v) is 4.46. The minimum atomic E-state index is -0.213. The van der Waals surface area contributed by atoms with Crippen LogP contribution in [0.5, 0.6) is 0 Å². The molecule has 0 fully saturated rings. The molecule has 1 heterocycles. The molecule has 1 aromatic carbocycles. The number of hydrogen-bond acceptors (Lipinski definition) is 5. The monoisotopic (exact) mass is 333 g/mol. The predicted molar refractivity (Wildman–Crippen MR) is 91.7 cm³/mol. The molecule has 1 atom stereocenters. The number of ether oxygens (including phenoxy) is 1. The maximum atomic E-state index is 12.0. The topological polar surface area (TPSA) is 51.8 Å². The molecule has 2 aromatic rings. The van der Waals surface area contributed by atoms with Crippen LogP contribution in [-0.2, 0) is 16.0 Å². The van der Waals surface area contributed by atoms with Crippen molar-refractivity contribution in [1.82, 2.24) is 0 Å². The molecular weight excluding hydrogens is 310 g/mol. The van der Waals surface area contributed by atoms with Crippen molar-refractivity contribution in [1.29, 1.82) is 0 Å². The Hall–Kier alpha value is -1.88. The van der Waals surface area contributed by atoms with Gasteiger partial charge >= 0.3 is 5.97 Å². The standard InChI is InChI=1S/C18H23NO3S/c1-4-13(2)9-10-21-17(20)11-15-7-5-6-8-16(15)19-18-22-12-14(3)23-18/h5-8,12-13H,4,9-11H2,1-3H3. The highest BCUT2D eigenvalue weighted by molar-refractivity contribution is 7.08. The van der Waals surface area contributed by atoms with Gasteiger partial charge in [0.25, 0.3) is 4.87 Å².